The van der Waals surface area contributed by atoms with Crippen molar-refractivity contribution >= 4 is 23.6 Å². The van der Waals surface area contributed by atoms with Crippen molar-refractivity contribution in [1.82, 2.24) is 25.0 Å². The lowest BCUT2D eigenvalue weighted by molar-refractivity contribution is -0.132. The first-order valence-electron chi connectivity index (χ1n) is 8.23. The second kappa shape index (κ2) is 9.81. The van der Waals surface area contributed by atoms with Gasteiger partial charge in [0.25, 0.3) is 0 Å². The number of ether oxygens (including phenoxy) is 1. The van der Waals surface area contributed by atoms with Gasteiger partial charge in [0.15, 0.2) is 5.16 Å². The average molecular weight is 377 g/mol. The summed E-state index contributed by atoms with van der Waals surface area (Å²) in [6.45, 7) is 2.62. The van der Waals surface area contributed by atoms with E-state index in [1.807, 2.05) is 31.2 Å². The summed E-state index contributed by atoms with van der Waals surface area (Å²) >= 11 is 1.26. The number of likely N-dealkylation sites (N-methyl/N-ethyl adjacent to an activating group) is 1. The molecule has 8 nitrogen and oxygen atoms in total. The second-order valence-electron chi connectivity index (χ2n) is 5.54. The summed E-state index contributed by atoms with van der Waals surface area (Å²) < 4.78 is 7.13. The van der Waals surface area contributed by atoms with Crippen LogP contribution >= 0.6 is 11.8 Å². The van der Waals surface area contributed by atoms with Gasteiger partial charge in [-0.3, -0.25) is 14.2 Å². The van der Waals surface area contributed by atoms with Crippen LogP contribution in [0.25, 0.3) is 5.69 Å². The zero-order chi connectivity index (χ0) is 18.9. The van der Waals surface area contributed by atoms with Gasteiger partial charge in [-0.15, -0.1) is 10.2 Å². The number of aromatic nitrogens is 3. The zero-order valence-electron chi connectivity index (χ0n) is 15.1. The Labute approximate surface area is 156 Å². The van der Waals surface area contributed by atoms with Crippen LogP contribution < -0.4 is 10.1 Å². The Morgan fingerprint density at radius 2 is 2.12 bits per heavy atom. The predicted octanol–water partition coefficient (Wildman–Crippen LogP) is 1.35. The number of carbonyl (C=O) groups excluding carboxylic acids is 2. The maximum absolute atomic E-state index is 12.3. The van der Waals surface area contributed by atoms with E-state index in [-0.39, 0.29) is 24.1 Å². The van der Waals surface area contributed by atoms with Gasteiger partial charge in [-0.2, -0.15) is 0 Å². The van der Waals surface area contributed by atoms with Gasteiger partial charge in [-0.25, -0.2) is 0 Å². The summed E-state index contributed by atoms with van der Waals surface area (Å²) in [5.74, 6) is 0.525. The first-order chi connectivity index (χ1) is 12.6. The van der Waals surface area contributed by atoms with Crippen molar-refractivity contribution in [2.24, 2.45) is 0 Å². The molecule has 0 radical (unpaired) electrons. The molecular weight excluding hydrogens is 354 g/mol. The molecule has 0 aliphatic carbocycles. The normalized spacial score (nSPS) is 10.4. The maximum Gasteiger partial charge on any atom is 0.239 e. The van der Waals surface area contributed by atoms with E-state index in [4.69, 9.17) is 4.74 Å². The standard InChI is InChI=1S/C17H23N5O3S/c1-4-9-18-15(23)10-21(2)16(24)11-26-17-20-19-12-22(17)13-7-5-6-8-14(13)25-3/h5-8,12H,4,9-11H2,1-3H3,(H,18,23). The van der Waals surface area contributed by atoms with Crippen LogP contribution in [-0.4, -0.2) is 64.5 Å². The average Bonchev–Trinajstić information content (AvgIpc) is 3.12. The molecule has 0 aliphatic rings. The van der Waals surface area contributed by atoms with Crippen molar-refractivity contribution in [3.05, 3.63) is 30.6 Å². The number of nitrogens with zero attached hydrogens (tertiary/aromatic N) is 4. The van der Waals surface area contributed by atoms with E-state index in [1.54, 1.807) is 25.1 Å². The molecule has 2 aromatic rings. The Hall–Kier alpha value is -2.55. The molecule has 0 saturated heterocycles. The molecule has 0 fully saturated rings. The van der Waals surface area contributed by atoms with Crippen LogP contribution in [0.3, 0.4) is 0 Å². The summed E-state index contributed by atoms with van der Waals surface area (Å²) in [5.41, 5.74) is 0.794. The highest BCUT2D eigenvalue weighted by atomic mass is 32.2. The monoisotopic (exact) mass is 377 g/mol. The summed E-state index contributed by atoms with van der Waals surface area (Å²) in [7, 11) is 3.21. The van der Waals surface area contributed by atoms with Gasteiger partial charge < -0.3 is 15.0 Å². The third kappa shape index (κ3) is 5.22. The molecule has 140 valence electrons. The Kier molecular flexibility index (Phi) is 7.46. The predicted molar refractivity (Wildman–Crippen MR) is 99.6 cm³/mol. The fourth-order valence-corrected chi connectivity index (χ4v) is 3.04. The van der Waals surface area contributed by atoms with E-state index < -0.39 is 0 Å². The zero-order valence-corrected chi connectivity index (χ0v) is 16.0. The van der Waals surface area contributed by atoms with Crippen molar-refractivity contribution in [2.45, 2.75) is 18.5 Å². The molecular formula is C17H23N5O3S. The molecule has 26 heavy (non-hydrogen) atoms. The number of amides is 2. The van der Waals surface area contributed by atoms with Crippen molar-refractivity contribution in [3.8, 4) is 11.4 Å². The maximum atomic E-state index is 12.3. The lowest BCUT2D eigenvalue weighted by atomic mass is 10.3. The molecule has 0 spiro atoms. The van der Waals surface area contributed by atoms with Crippen LogP contribution in [0.2, 0.25) is 0 Å². The van der Waals surface area contributed by atoms with E-state index in [1.165, 1.54) is 16.7 Å². The molecule has 1 N–H and O–H groups in total. The molecule has 2 amide bonds. The first-order valence-corrected chi connectivity index (χ1v) is 9.22. The fraction of sp³-hybridized carbons (Fsp3) is 0.412. The van der Waals surface area contributed by atoms with Crippen LogP contribution in [0.15, 0.2) is 35.7 Å². The van der Waals surface area contributed by atoms with Crippen LogP contribution in [0.4, 0.5) is 0 Å². The molecule has 2 rings (SSSR count). The molecule has 1 aromatic carbocycles. The Morgan fingerprint density at radius 1 is 1.35 bits per heavy atom. The van der Waals surface area contributed by atoms with E-state index in [0.717, 1.165) is 12.1 Å². The van der Waals surface area contributed by atoms with Gasteiger partial charge in [-0.1, -0.05) is 30.8 Å². The number of nitrogens with one attached hydrogen (secondary N) is 1. The minimum Gasteiger partial charge on any atom is -0.495 e. The number of hydrogen-bond acceptors (Lipinski definition) is 6. The fourth-order valence-electron chi connectivity index (χ4n) is 2.18. The van der Waals surface area contributed by atoms with E-state index in [9.17, 15) is 9.59 Å². The Balaban J connectivity index is 1.97. The summed E-state index contributed by atoms with van der Waals surface area (Å²) in [6.07, 6.45) is 2.43. The lowest BCUT2D eigenvalue weighted by Gasteiger charge is -2.16. The third-order valence-corrected chi connectivity index (χ3v) is 4.49. The highest BCUT2D eigenvalue weighted by Crippen LogP contribution is 2.26. The van der Waals surface area contributed by atoms with Crippen LogP contribution in [0.5, 0.6) is 5.75 Å². The van der Waals surface area contributed by atoms with Gasteiger partial charge in [0.05, 0.1) is 25.1 Å². The summed E-state index contributed by atoms with van der Waals surface area (Å²) in [4.78, 5) is 25.4. The number of rotatable bonds is 9. The lowest BCUT2D eigenvalue weighted by Crippen LogP contribution is -2.39. The molecule has 0 unspecified atom stereocenters. The summed E-state index contributed by atoms with van der Waals surface area (Å²) in [6, 6.07) is 7.50. The van der Waals surface area contributed by atoms with Crippen molar-refractivity contribution in [1.29, 1.82) is 0 Å². The van der Waals surface area contributed by atoms with Gasteiger partial charge in [0, 0.05) is 13.6 Å². The second-order valence-corrected chi connectivity index (χ2v) is 6.49. The summed E-state index contributed by atoms with van der Waals surface area (Å²) in [5, 5.41) is 11.3. The largest absolute Gasteiger partial charge is 0.495 e. The van der Waals surface area contributed by atoms with E-state index in [0.29, 0.717) is 17.5 Å². The number of thioether (sulfide) groups is 1. The first kappa shape index (κ1) is 19.8. The van der Waals surface area contributed by atoms with Crippen LogP contribution in [-0.2, 0) is 9.59 Å². The Bertz CT molecular complexity index is 750. The third-order valence-electron chi connectivity index (χ3n) is 3.56. The topological polar surface area (TPSA) is 89.4 Å². The number of hydrogen-bond donors (Lipinski definition) is 1. The molecule has 0 saturated carbocycles. The van der Waals surface area contributed by atoms with Gasteiger partial charge in [0.2, 0.25) is 11.8 Å². The molecule has 0 atom stereocenters. The molecule has 0 bridgehead atoms. The van der Waals surface area contributed by atoms with Crippen LogP contribution in [0, 0.1) is 0 Å². The highest BCUT2D eigenvalue weighted by molar-refractivity contribution is 7.99. The van der Waals surface area contributed by atoms with Gasteiger partial charge >= 0.3 is 0 Å². The molecule has 9 heteroatoms. The van der Waals surface area contributed by atoms with Crippen molar-refractivity contribution in [2.75, 3.05) is 33.0 Å². The number of para-hydroxylation sites is 2. The minimum atomic E-state index is -0.162. The molecule has 1 heterocycles. The van der Waals surface area contributed by atoms with Crippen molar-refractivity contribution in [3.63, 3.8) is 0 Å². The van der Waals surface area contributed by atoms with Gasteiger partial charge in [-0.05, 0) is 18.6 Å². The van der Waals surface area contributed by atoms with E-state index in [2.05, 4.69) is 15.5 Å². The van der Waals surface area contributed by atoms with E-state index >= 15 is 0 Å². The molecule has 0 aliphatic heterocycles. The smallest absolute Gasteiger partial charge is 0.239 e. The molecule has 1 aromatic heterocycles. The SMILES string of the molecule is CCCNC(=O)CN(C)C(=O)CSc1nncn1-c1ccccc1OC. The number of benzene rings is 1. The Morgan fingerprint density at radius 3 is 2.85 bits per heavy atom. The van der Waals surface area contributed by atoms with Gasteiger partial charge in [0.1, 0.15) is 12.1 Å². The number of carbonyl (C=O) groups is 2. The number of methoxy groups -OCH3 is 1. The quantitative estimate of drug-likeness (QED) is 0.664. The van der Waals surface area contributed by atoms with Crippen LogP contribution in [0.1, 0.15) is 13.3 Å². The van der Waals surface area contributed by atoms with Crippen molar-refractivity contribution < 1.29 is 14.3 Å². The highest BCUT2D eigenvalue weighted by Gasteiger charge is 2.16. The minimum absolute atomic E-state index is 0.0403.